The Bertz CT molecular complexity index is 839. The minimum atomic E-state index is -2.88. The van der Waals surface area contributed by atoms with Crippen LogP contribution in [0.15, 0.2) is 29.4 Å². The minimum Gasteiger partial charge on any atom is -0.490 e. The van der Waals surface area contributed by atoms with E-state index >= 15 is 0 Å². The Morgan fingerprint density at radius 1 is 1.36 bits per heavy atom. The van der Waals surface area contributed by atoms with Crippen LogP contribution in [0.2, 0.25) is 0 Å². The SMILES string of the molecule is Cn1c(C[C@H]2CCS(=O)(=O)C2)nnc1SCCOc1ccccc1F. The molecule has 0 radical (unpaired) electrons. The van der Waals surface area contributed by atoms with Gasteiger partial charge in [-0.1, -0.05) is 23.9 Å². The molecular formula is C16H20FN3O3S2. The molecule has 1 aromatic carbocycles. The molecule has 1 atom stereocenters. The fraction of sp³-hybridized carbons (Fsp3) is 0.500. The highest BCUT2D eigenvalue weighted by molar-refractivity contribution is 7.99. The monoisotopic (exact) mass is 385 g/mol. The Kier molecular flexibility index (Phi) is 5.63. The number of rotatable bonds is 7. The lowest BCUT2D eigenvalue weighted by molar-refractivity contribution is 0.325. The van der Waals surface area contributed by atoms with Crippen molar-refractivity contribution in [3.63, 3.8) is 0 Å². The van der Waals surface area contributed by atoms with Gasteiger partial charge in [0.05, 0.1) is 18.1 Å². The molecule has 2 heterocycles. The summed E-state index contributed by atoms with van der Waals surface area (Å²) in [5, 5.41) is 9.07. The van der Waals surface area contributed by atoms with Gasteiger partial charge in [0.1, 0.15) is 5.82 Å². The molecule has 2 aromatic rings. The summed E-state index contributed by atoms with van der Waals surface area (Å²) < 4.78 is 43.9. The van der Waals surface area contributed by atoms with Crippen molar-refractivity contribution < 1.29 is 17.5 Å². The molecule has 0 spiro atoms. The zero-order valence-electron chi connectivity index (χ0n) is 13.9. The first-order valence-corrected chi connectivity index (χ1v) is 10.8. The van der Waals surface area contributed by atoms with E-state index in [4.69, 9.17) is 4.74 Å². The first-order chi connectivity index (χ1) is 11.9. The highest BCUT2D eigenvalue weighted by Gasteiger charge is 2.29. The summed E-state index contributed by atoms with van der Waals surface area (Å²) in [4.78, 5) is 0. The fourth-order valence-electron chi connectivity index (χ4n) is 2.79. The third-order valence-electron chi connectivity index (χ3n) is 4.13. The number of thioether (sulfide) groups is 1. The van der Waals surface area contributed by atoms with Gasteiger partial charge in [-0.3, -0.25) is 0 Å². The Hall–Kier alpha value is -1.61. The average Bonchev–Trinajstić information content (AvgIpc) is 3.09. The largest absolute Gasteiger partial charge is 0.490 e. The molecule has 9 heteroatoms. The molecule has 0 saturated carbocycles. The summed E-state index contributed by atoms with van der Waals surface area (Å²) in [7, 11) is -1.01. The molecule has 0 N–H and O–H groups in total. The maximum absolute atomic E-state index is 13.5. The van der Waals surface area contributed by atoms with Gasteiger partial charge in [-0.15, -0.1) is 10.2 Å². The van der Waals surface area contributed by atoms with Crippen LogP contribution >= 0.6 is 11.8 Å². The molecule has 0 aliphatic carbocycles. The van der Waals surface area contributed by atoms with Crippen molar-refractivity contribution in [2.24, 2.45) is 13.0 Å². The van der Waals surface area contributed by atoms with E-state index in [0.717, 1.165) is 11.0 Å². The number of benzene rings is 1. The van der Waals surface area contributed by atoms with Gasteiger partial charge in [0.15, 0.2) is 26.6 Å². The van der Waals surface area contributed by atoms with Crippen LogP contribution in [0.25, 0.3) is 0 Å². The maximum atomic E-state index is 13.5. The van der Waals surface area contributed by atoms with Crippen LogP contribution in [0.5, 0.6) is 5.75 Å². The molecule has 1 fully saturated rings. The van der Waals surface area contributed by atoms with E-state index in [0.29, 0.717) is 25.2 Å². The number of hydrogen-bond donors (Lipinski definition) is 0. The zero-order chi connectivity index (χ0) is 17.9. The molecule has 6 nitrogen and oxygen atoms in total. The van der Waals surface area contributed by atoms with Crippen molar-refractivity contribution in [3.8, 4) is 5.75 Å². The van der Waals surface area contributed by atoms with Gasteiger partial charge in [-0.05, 0) is 24.5 Å². The van der Waals surface area contributed by atoms with Crippen molar-refractivity contribution in [3.05, 3.63) is 35.9 Å². The highest BCUT2D eigenvalue weighted by Crippen LogP contribution is 2.24. The van der Waals surface area contributed by atoms with E-state index in [1.807, 2.05) is 11.6 Å². The summed E-state index contributed by atoms with van der Waals surface area (Å²) in [6.45, 7) is 0.356. The molecule has 1 aliphatic rings. The quantitative estimate of drug-likeness (QED) is 0.537. The second kappa shape index (κ2) is 7.74. The predicted octanol–water partition coefficient (Wildman–Crippen LogP) is 2.10. The molecule has 1 aromatic heterocycles. The average molecular weight is 385 g/mol. The van der Waals surface area contributed by atoms with Gasteiger partial charge in [0.25, 0.3) is 0 Å². The molecule has 0 bridgehead atoms. The molecule has 0 amide bonds. The summed E-state index contributed by atoms with van der Waals surface area (Å²) in [5.74, 6) is 1.89. The number of hydrogen-bond acceptors (Lipinski definition) is 6. The van der Waals surface area contributed by atoms with Crippen LogP contribution in [0.3, 0.4) is 0 Å². The summed E-state index contributed by atoms with van der Waals surface area (Å²) in [5.41, 5.74) is 0. The van der Waals surface area contributed by atoms with E-state index in [1.54, 1.807) is 18.2 Å². The zero-order valence-corrected chi connectivity index (χ0v) is 15.5. The van der Waals surface area contributed by atoms with Crippen LogP contribution in [0, 0.1) is 11.7 Å². The Balaban J connectivity index is 1.49. The van der Waals surface area contributed by atoms with E-state index in [9.17, 15) is 12.8 Å². The summed E-state index contributed by atoms with van der Waals surface area (Å²) in [6.07, 6.45) is 1.31. The van der Waals surface area contributed by atoms with Crippen LogP contribution in [0.1, 0.15) is 12.2 Å². The van der Waals surface area contributed by atoms with Gasteiger partial charge >= 0.3 is 0 Å². The standard InChI is InChI=1S/C16H20FN3O3S2/c1-20-15(10-12-6-9-25(21,22)11-12)18-19-16(20)24-8-7-23-14-5-3-2-4-13(14)17/h2-5,12H,6-11H2,1H3/t12-/m1/s1. The first kappa shape index (κ1) is 18.2. The minimum absolute atomic E-state index is 0.120. The highest BCUT2D eigenvalue weighted by atomic mass is 32.2. The van der Waals surface area contributed by atoms with Crippen LogP contribution in [-0.2, 0) is 23.3 Å². The lowest BCUT2D eigenvalue weighted by atomic mass is 10.1. The number of ether oxygens (including phenoxy) is 1. The third-order valence-corrected chi connectivity index (χ3v) is 6.95. The first-order valence-electron chi connectivity index (χ1n) is 8.03. The molecule has 136 valence electrons. The van der Waals surface area contributed by atoms with Crippen molar-refractivity contribution in [2.45, 2.75) is 18.0 Å². The lowest BCUT2D eigenvalue weighted by Crippen LogP contribution is -2.11. The molecule has 0 unspecified atom stereocenters. The predicted molar refractivity (Wildman–Crippen MR) is 94.1 cm³/mol. The molecule has 1 saturated heterocycles. The van der Waals surface area contributed by atoms with E-state index in [-0.39, 0.29) is 29.0 Å². The molecule has 1 aliphatic heterocycles. The van der Waals surface area contributed by atoms with E-state index in [1.165, 1.54) is 17.8 Å². The third kappa shape index (κ3) is 4.72. The van der Waals surface area contributed by atoms with Crippen LogP contribution < -0.4 is 4.74 Å². The van der Waals surface area contributed by atoms with Crippen LogP contribution in [0.4, 0.5) is 4.39 Å². The van der Waals surface area contributed by atoms with E-state index < -0.39 is 9.84 Å². The van der Waals surface area contributed by atoms with Gasteiger partial charge in [-0.25, -0.2) is 12.8 Å². The fourth-order valence-corrected chi connectivity index (χ4v) is 5.39. The van der Waals surface area contributed by atoms with Crippen molar-refractivity contribution in [1.29, 1.82) is 0 Å². The Morgan fingerprint density at radius 2 is 2.16 bits per heavy atom. The second-order valence-corrected chi connectivity index (χ2v) is 9.35. The summed E-state index contributed by atoms with van der Waals surface area (Å²) in [6, 6.07) is 6.30. The Morgan fingerprint density at radius 3 is 2.88 bits per heavy atom. The van der Waals surface area contributed by atoms with Crippen molar-refractivity contribution in [2.75, 3.05) is 23.9 Å². The number of halogens is 1. The van der Waals surface area contributed by atoms with Gasteiger partial charge < -0.3 is 9.30 Å². The molecular weight excluding hydrogens is 365 g/mol. The number of nitrogens with zero attached hydrogens (tertiary/aromatic N) is 3. The summed E-state index contributed by atoms with van der Waals surface area (Å²) >= 11 is 1.47. The smallest absolute Gasteiger partial charge is 0.191 e. The van der Waals surface area contributed by atoms with Gasteiger partial charge in [0, 0.05) is 19.2 Å². The topological polar surface area (TPSA) is 74.1 Å². The second-order valence-electron chi connectivity index (χ2n) is 6.06. The van der Waals surface area contributed by atoms with Crippen LogP contribution in [-0.4, -0.2) is 47.0 Å². The normalized spacial score (nSPS) is 19.2. The van der Waals surface area contributed by atoms with Crippen molar-refractivity contribution in [1.82, 2.24) is 14.8 Å². The lowest BCUT2D eigenvalue weighted by Gasteiger charge is -2.08. The number of sulfone groups is 1. The Labute approximate surface area is 150 Å². The van der Waals surface area contributed by atoms with E-state index in [2.05, 4.69) is 10.2 Å². The molecule has 3 rings (SSSR count). The van der Waals surface area contributed by atoms with Crippen molar-refractivity contribution >= 4 is 21.6 Å². The maximum Gasteiger partial charge on any atom is 0.191 e. The number of aromatic nitrogens is 3. The van der Waals surface area contributed by atoms with Gasteiger partial charge in [0.2, 0.25) is 0 Å². The number of para-hydroxylation sites is 1. The van der Waals surface area contributed by atoms with Gasteiger partial charge in [-0.2, -0.15) is 0 Å². The molecule has 25 heavy (non-hydrogen) atoms.